The molecule has 1 aromatic rings. The molecule has 3 unspecified atom stereocenters. The van der Waals surface area contributed by atoms with Gasteiger partial charge < -0.3 is 4.90 Å². The van der Waals surface area contributed by atoms with Crippen molar-refractivity contribution < 1.29 is 4.92 Å². The third-order valence-electron chi connectivity index (χ3n) is 4.77. The van der Waals surface area contributed by atoms with Crippen LogP contribution in [0.2, 0.25) is 0 Å². The summed E-state index contributed by atoms with van der Waals surface area (Å²) in [5, 5.41) is 11.3. The molecule has 0 amide bonds. The molecule has 0 aromatic carbocycles. The van der Waals surface area contributed by atoms with Crippen LogP contribution in [-0.2, 0) is 0 Å². The normalized spacial score (nSPS) is 29.3. The third-order valence-corrected chi connectivity index (χ3v) is 4.77. The molecule has 2 fully saturated rings. The number of aromatic nitrogens is 1. The Hall–Kier alpha value is -1.65. The molecule has 0 spiro atoms. The summed E-state index contributed by atoms with van der Waals surface area (Å²) in [6.07, 6.45) is 7.80. The van der Waals surface area contributed by atoms with Gasteiger partial charge in [-0.1, -0.05) is 12.8 Å². The van der Waals surface area contributed by atoms with Crippen LogP contribution >= 0.6 is 0 Å². The van der Waals surface area contributed by atoms with Crippen molar-refractivity contribution >= 4 is 11.5 Å². The van der Waals surface area contributed by atoms with E-state index in [2.05, 4.69) is 16.8 Å². The number of nitrogens with zero attached hydrogens (tertiary/aromatic N) is 3. The highest BCUT2D eigenvalue weighted by Crippen LogP contribution is 2.43. The van der Waals surface area contributed by atoms with Crippen LogP contribution in [0.1, 0.15) is 44.6 Å². The zero-order valence-electron chi connectivity index (χ0n) is 12.1. The maximum atomic E-state index is 11.3. The minimum Gasteiger partial charge on any atom is -0.345 e. The maximum absolute atomic E-state index is 11.3. The highest BCUT2D eigenvalue weighted by Gasteiger charge is 2.42. The van der Waals surface area contributed by atoms with E-state index in [1.165, 1.54) is 19.3 Å². The number of fused-ring (bicyclic) bond motifs is 1. The Morgan fingerprint density at radius 2 is 2.15 bits per heavy atom. The minimum atomic E-state index is -0.293. The summed E-state index contributed by atoms with van der Waals surface area (Å²) in [6.45, 7) is 4.02. The Morgan fingerprint density at radius 3 is 2.90 bits per heavy atom. The average molecular weight is 275 g/mol. The highest BCUT2D eigenvalue weighted by molar-refractivity contribution is 5.60. The lowest BCUT2D eigenvalue weighted by Gasteiger charge is -2.33. The van der Waals surface area contributed by atoms with Crippen molar-refractivity contribution in [3.05, 3.63) is 27.9 Å². The smallest absolute Gasteiger partial charge is 0.311 e. The van der Waals surface area contributed by atoms with Gasteiger partial charge >= 0.3 is 5.69 Å². The van der Waals surface area contributed by atoms with Crippen LogP contribution < -0.4 is 4.90 Å². The van der Waals surface area contributed by atoms with Crippen LogP contribution in [0.25, 0.3) is 0 Å². The SMILES string of the molecule is Cc1cnc(N2C(C)CC3CCCCC32)c([N+](=O)[O-])c1. The van der Waals surface area contributed by atoms with Crippen LogP contribution in [-0.4, -0.2) is 22.0 Å². The van der Waals surface area contributed by atoms with E-state index >= 15 is 0 Å². The molecule has 1 saturated heterocycles. The number of aryl methyl sites for hydroxylation is 1. The van der Waals surface area contributed by atoms with E-state index < -0.39 is 0 Å². The second kappa shape index (κ2) is 5.04. The van der Waals surface area contributed by atoms with Gasteiger partial charge in [-0.3, -0.25) is 10.1 Å². The second-order valence-corrected chi connectivity index (χ2v) is 6.22. The third kappa shape index (κ3) is 2.15. The lowest BCUT2D eigenvalue weighted by atomic mass is 9.85. The van der Waals surface area contributed by atoms with Gasteiger partial charge in [-0.15, -0.1) is 0 Å². The largest absolute Gasteiger partial charge is 0.345 e. The van der Waals surface area contributed by atoms with Crippen LogP contribution in [0.4, 0.5) is 11.5 Å². The van der Waals surface area contributed by atoms with Crippen molar-refractivity contribution in [2.24, 2.45) is 5.92 Å². The Labute approximate surface area is 119 Å². The number of pyridine rings is 1. The van der Waals surface area contributed by atoms with Gasteiger partial charge in [-0.2, -0.15) is 0 Å². The fourth-order valence-electron chi connectivity index (χ4n) is 3.95. The average Bonchev–Trinajstić information content (AvgIpc) is 2.74. The predicted octanol–water partition coefficient (Wildman–Crippen LogP) is 3.46. The summed E-state index contributed by atoms with van der Waals surface area (Å²) in [4.78, 5) is 17.7. The van der Waals surface area contributed by atoms with Crippen molar-refractivity contribution in [3.8, 4) is 0 Å². The molecule has 2 aliphatic rings. The topological polar surface area (TPSA) is 59.3 Å². The maximum Gasteiger partial charge on any atom is 0.311 e. The first-order valence-corrected chi connectivity index (χ1v) is 7.47. The molecule has 0 bridgehead atoms. The number of hydrogen-bond acceptors (Lipinski definition) is 4. The number of nitro groups is 1. The summed E-state index contributed by atoms with van der Waals surface area (Å²) < 4.78 is 0. The highest BCUT2D eigenvalue weighted by atomic mass is 16.6. The van der Waals surface area contributed by atoms with E-state index in [1.807, 2.05) is 6.92 Å². The van der Waals surface area contributed by atoms with Crippen molar-refractivity contribution in [2.75, 3.05) is 4.90 Å². The summed E-state index contributed by atoms with van der Waals surface area (Å²) >= 11 is 0. The molecular formula is C15H21N3O2. The summed E-state index contributed by atoms with van der Waals surface area (Å²) in [6, 6.07) is 2.43. The molecule has 2 heterocycles. The van der Waals surface area contributed by atoms with Crippen molar-refractivity contribution in [1.29, 1.82) is 0 Å². The first-order chi connectivity index (χ1) is 9.58. The molecule has 108 valence electrons. The molecule has 20 heavy (non-hydrogen) atoms. The number of anilines is 1. The Balaban J connectivity index is 2.01. The molecule has 1 aromatic heterocycles. The molecule has 1 aliphatic carbocycles. The van der Waals surface area contributed by atoms with Crippen LogP contribution in [0.15, 0.2) is 12.3 Å². The molecular weight excluding hydrogens is 254 g/mol. The fourth-order valence-corrected chi connectivity index (χ4v) is 3.95. The van der Waals surface area contributed by atoms with Gasteiger partial charge in [0.05, 0.1) is 4.92 Å². The zero-order valence-corrected chi connectivity index (χ0v) is 12.1. The van der Waals surface area contributed by atoms with Crippen molar-refractivity contribution in [1.82, 2.24) is 4.98 Å². The standard InChI is InChI=1S/C15H21N3O2/c1-10-7-14(18(19)20)15(16-9-10)17-11(2)8-12-5-3-4-6-13(12)17/h7,9,11-13H,3-6,8H2,1-2H3. The minimum absolute atomic E-state index is 0.156. The van der Waals surface area contributed by atoms with E-state index in [4.69, 9.17) is 0 Å². The molecule has 3 rings (SSSR count). The summed E-state index contributed by atoms with van der Waals surface area (Å²) in [5.74, 6) is 1.25. The molecule has 0 radical (unpaired) electrons. The van der Waals surface area contributed by atoms with E-state index in [0.29, 0.717) is 23.8 Å². The Bertz CT molecular complexity index is 532. The van der Waals surface area contributed by atoms with Gasteiger partial charge in [0.15, 0.2) is 0 Å². The van der Waals surface area contributed by atoms with E-state index in [9.17, 15) is 10.1 Å². The molecule has 1 saturated carbocycles. The van der Waals surface area contributed by atoms with E-state index in [1.54, 1.807) is 12.3 Å². The van der Waals surface area contributed by atoms with Crippen molar-refractivity contribution in [2.45, 2.75) is 58.0 Å². The molecule has 0 N–H and O–H groups in total. The molecule has 5 nitrogen and oxygen atoms in total. The monoisotopic (exact) mass is 275 g/mol. The van der Waals surface area contributed by atoms with Crippen LogP contribution in [0.3, 0.4) is 0 Å². The molecule has 5 heteroatoms. The second-order valence-electron chi connectivity index (χ2n) is 6.22. The number of rotatable bonds is 2. The van der Waals surface area contributed by atoms with E-state index in [-0.39, 0.29) is 10.6 Å². The van der Waals surface area contributed by atoms with Crippen molar-refractivity contribution in [3.63, 3.8) is 0 Å². The summed E-state index contributed by atoms with van der Waals surface area (Å²) in [5.41, 5.74) is 0.996. The Kier molecular flexibility index (Phi) is 3.36. The first-order valence-electron chi connectivity index (χ1n) is 7.47. The van der Waals surface area contributed by atoms with Gasteiger partial charge in [0.2, 0.25) is 5.82 Å². The molecule has 1 aliphatic heterocycles. The van der Waals surface area contributed by atoms with Gasteiger partial charge in [0.1, 0.15) is 0 Å². The van der Waals surface area contributed by atoms with E-state index in [0.717, 1.165) is 18.4 Å². The zero-order chi connectivity index (χ0) is 14.3. The van der Waals surface area contributed by atoms with Gasteiger partial charge in [-0.05, 0) is 44.6 Å². The van der Waals surface area contributed by atoms with Gasteiger partial charge in [0.25, 0.3) is 0 Å². The lowest BCUT2D eigenvalue weighted by molar-refractivity contribution is -0.384. The fraction of sp³-hybridized carbons (Fsp3) is 0.667. The quantitative estimate of drug-likeness (QED) is 0.612. The van der Waals surface area contributed by atoms with Crippen LogP contribution in [0.5, 0.6) is 0 Å². The van der Waals surface area contributed by atoms with Gasteiger partial charge in [-0.25, -0.2) is 4.98 Å². The summed E-state index contributed by atoms with van der Waals surface area (Å²) in [7, 11) is 0. The lowest BCUT2D eigenvalue weighted by Crippen LogP contribution is -2.38. The first kappa shape index (κ1) is 13.3. The Morgan fingerprint density at radius 1 is 1.40 bits per heavy atom. The number of hydrogen-bond donors (Lipinski definition) is 0. The van der Waals surface area contributed by atoms with Gasteiger partial charge in [0, 0.05) is 24.3 Å². The molecule has 3 atom stereocenters. The van der Waals surface area contributed by atoms with Crippen LogP contribution in [0, 0.1) is 23.0 Å². The predicted molar refractivity (Wildman–Crippen MR) is 77.9 cm³/mol.